The molecular weight excluding hydrogens is 118 g/mol. The topological polar surface area (TPSA) is 12.0 Å². The maximum Gasteiger partial charge on any atom is 0.0449 e. The summed E-state index contributed by atoms with van der Waals surface area (Å²) in [5.74, 6) is 0. The van der Waals surface area contributed by atoms with Crippen molar-refractivity contribution in [2.24, 2.45) is 0 Å². The summed E-state index contributed by atoms with van der Waals surface area (Å²) >= 11 is 1.77. The van der Waals surface area contributed by atoms with Crippen LogP contribution < -0.4 is 5.32 Å². The van der Waals surface area contributed by atoms with Crippen LogP contribution in [0, 0.1) is 6.92 Å². The number of thiophene rings is 1. The van der Waals surface area contributed by atoms with Crippen LogP contribution in [-0.4, -0.2) is 7.05 Å². The van der Waals surface area contributed by atoms with Crippen molar-refractivity contribution in [1.29, 1.82) is 0 Å². The molecule has 1 aromatic heterocycles. The summed E-state index contributed by atoms with van der Waals surface area (Å²) < 4.78 is 0. The average molecular weight is 127 g/mol. The van der Waals surface area contributed by atoms with Crippen LogP contribution >= 0.6 is 11.3 Å². The first kappa shape index (κ1) is 5.63. The van der Waals surface area contributed by atoms with E-state index in [0.29, 0.717) is 0 Å². The first-order valence-corrected chi connectivity index (χ1v) is 3.44. The van der Waals surface area contributed by atoms with Gasteiger partial charge in [-0.1, -0.05) is 0 Å². The number of nitrogens with one attached hydrogen (secondary N) is 1. The third-order valence-electron chi connectivity index (χ3n) is 1.02. The molecule has 0 unspecified atom stereocenters. The van der Waals surface area contributed by atoms with E-state index in [1.54, 1.807) is 11.3 Å². The molecule has 0 spiro atoms. The number of anilines is 1. The van der Waals surface area contributed by atoms with E-state index in [9.17, 15) is 0 Å². The van der Waals surface area contributed by atoms with Crippen molar-refractivity contribution in [2.75, 3.05) is 12.4 Å². The van der Waals surface area contributed by atoms with Gasteiger partial charge >= 0.3 is 0 Å². The van der Waals surface area contributed by atoms with Crippen molar-refractivity contribution in [3.05, 3.63) is 16.3 Å². The van der Waals surface area contributed by atoms with Crippen molar-refractivity contribution >= 4 is 17.0 Å². The molecule has 0 fully saturated rings. The van der Waals surface area contributed by atoms with E-state index in [4.69, 9.17) is 0 Å². The predicted molar refractivity (Wildman–Crippen MR) is 38.6 cm³/mol. The second-order valence-corrected chi connectivity index (χ2v) is 2.81. The SMILES string of the molecule is CNc1csc(C)c1. The molecule has 8 heavy (non-hydrogen) atoms. The van der Waals surface area contributed by atoms with Crippen molar-refractivity contribution in [1.82, 2.24) is 0 Å². The van der Waals surface area contributed by atoms with E-state index < -0.39 is 0 Å². The minimum Gasteiger partial charge on any atom is -0.387 e. The van der Waals surface area contributed by atoms with Gasteiger partial charge in [-0.25, -0.2) is 0 Å². The van der Waals surface area contributed by atoms with Gasteiger partial charge in [-0.15, -0.1) is 11.3 Å². The molecule has 0 amide bonds. The standard InChI is InChI=1S/C6H9NS/c1-5-3-6(7-2)4-8-5/h3-4,7H,1-2H3. The molecule has 0 aromatic carbocycles. The van der Waals surface area contributed by atoms with Crippen LogP contribution in [0.5, 0.6) is 0 Å². The maximum absolute atomic E-state index is 3.06. The quantitative estimate of drug-likeness (QED) is 0.609. The minimum absolute atomic E-state index is 1.22. The smallest absolute Gasteiger partial charge is 0.0449 e. The van der Waals surface area contributed by atoms with Crippen molar-refractivity contribution in [3.8, 4) is 0 Å². The van der Waals surface area contributed by atoms with Gasteiger partial charge in [-0.2, -0.15) is 0 Å². The highest BCUT2D eigenvalue weighted by Crippen LogP contribution is 2.16. The summed E-state index contributed by atoms with van der Waals surface area (Å²) in [6, 6.07) is 2.13. The number of rotatable bonds is 1. The molecule has 1 aromatic rings. The van der Waals surface area contributed by atoms with Gasteiger partial charge in [-0.3, -0.25) is 0 Å². The fourth-order valence-electron chi connectivity index (χ4n) is 0.575. The molecule has 0 radical (unpaired) electrons. The first-order chi connectivity index (χ1) is 3.83. The first-order valence-electron chi connectivity index (χ1n) is 2.56. The molecule has 1 N–H and O–H groups in total. The fraction of sp³-hybridized carbons (Fsp3) is 0.333. The number of hydrogen-bond acceptors (Lipinski definition) is 2. The van der Waals surface area contributed by atoms with Crippen LogP contribution in [0.1, 0.15) is 4.88 Å². The molecule has 44 valence electrons. The van der Waals surface area contributed by atoms with E-state index in [2.05, 4.69) is 23.7 Å². The third-order valence-corrected chi connectivity index (χ3v) is 1.88. The zero-order chi connectivity index (χ0) is 5.98. The lowest BCUT2D eigenvalue weighted by molar-refractivity contribution is 1.53. The summed E-state index contributed by atoms with van der Waals surface area (Å²) in [6.07, 6.45) is 0. The average Bonchev–Trinajstić information content (AvgIpc) is 2.14. The van der Waals surface area contributed by atoms with Gasteiger partial charge in [0.2, 0.25) is 0 Å². The molecule has 0 bridgehead atoms. The Hall–Kier alpha value is -0.500. The Morgan fingerprint density at radius 1 is 1.62 bits per heavy atom. The largest absolute Gasteiger partial charge is 0.387 e. The van der Waals surface area contributed by atoms with Gasteiger partial charge in [0, 0.05) is 23.0 Å². The lowest BCUT2D eigenvalue weighted by atomic mass is 10.4. The molecule has 1 rings (SSSR count). The lowest BCUT2D eigenvalue weighted by Crippen LogP contribution is -1.81. The fourth-order valence-corrected chi connectivity index (χ4v) is 1.27. The highest BCUT2D eigenvalue weighted by molar-refractivity contribution is 7.10. The number of hydrogen-bond donors (Lipinski definition) is 1. The normalized spacial score (nSPS) is 9.25. The zero-order valence-electron chi connectivity index (χ0n) is 5.06. The van der Waals surface area contributed by atoms with Crippen LogP contribution in [0.4, 0.5) is 5.69 Å². The summed E-state index contributed by atoms with van der Waals surface area (Å²) in [5, 5.41) is 5.16. The molecule has 2 heteroatoms. The molecular formula is C6H9NS. The maximum atomic E-state index is 3.06. The van der Waals surface area contributed by atoms with Gasteiger partial charge in [0.05, 0.1) is 0 Å². The molecule has 0 atom stereocenters. The molecule has 0 saturated heterocycles. The third kappa shape index (κ3) is 1.01. The highest BCUT2D eigenvalue weighted by atomic mass is 32.1. The molecule has 0 aliphatic carbocycles. The molecule has 0 aliphatic rings. The summed E-state index contributed by atoms with van der Waals surface area (Å²) in [5.41, 5.74) is 1.22. The van der Waals surface area contributed by atoms with Gasteiger partial charge < -0.3 is 5.32 Å². The van der Waals surface area contributed by atoms with Crippen molar-refractivity contribution in [3.63, 3.8) is 0 Å². The second kappa shape index (κ2) is 2.18. The summed E-state index contributed by atoms with van der Waals surface area (Å²) in [7, 11) is 1.93. The number of aryl methyl sites for hydroxylation is 1. The van der Waals surface area contributed by atoms with Crippen LogP contribution in [0.15, 0.2) is 11.4 Å². The Balaban J connectivity index is 2.84. The van der Waals surface area contributed by atoms with Crippen molar-refractivity contribution < 1.29 is 0 Å². The van der Waals surface area contributed by atoms with Crippen LogP contribution in [0.3, 0.4) is 0 Å². The van der Waals surface area contributed by atoms with E-state index in [1.807, 2.05) is 7.05 Å². The summed E-state index contributed by atoms with van der Waals surface area (Å²) in [6.45, 7) is 2.10. The van der Waals surface area contributed by atoms with Crippen LogP contribution in [0.25, 0.3) is 0 Å². The van der Waals surface area contributed by atoms with Gasteiger partial charge in [-0.05, 0) is 13.0 Å². The minimum atomic E-state index is 1.22. The van der Waals surface area contributed by atoms with E-state index >= 15 is 0 Å². The highest BCUT2D eigenvalue weighted by Gasteiger charge is 1.88. The molecule has 0 saturated carbocycles. The molecule has 1 heterocycles. The molecule has 1 nitrogen and oxygen atoms in total. The van der Waals surface area contributed by atoms with Crippen LogP contribution in [0.2, 0.25) is 0 Å². The van der Waals surface area contributed by atoms with E-state index in [-0.39, 0.29) is 0 Å². The monoisotopic (exact) mass is 127 g/mol. The Morgan fingerprint density at radius 3 is 2.62 bits per heavy atom. The molecule has 0 aliphatic heterocycles. The summed E-state index contributed by atoms with van der Waals surface area (Å²) in [4.78, 5) is 1.36. The Bertz CT molecular complexity index is 169. The second-order valence-electron chi connectivity index (χ2n) is 1.70. The Labute approximate surface area is 53.4 Å². The van der Waals surface area contributed by atoms with Crippen LogP contribution in [-0.2, 0) is 0 Å². The van der Waals surface area contributed by atoms with Crippen molar-refractivity contribution in [2.45, 2.75) is 6.92 Å². The van der Waals surface area contributed by atoms with Gasteiger partial charge in [0.25, 0.3) is 0 Å². The van der Waals surface area contributed by atoms with E-state index in [0.717, 1.165) is 0 Å². The Morgan fingerprint density at radius 2 is 2.38 bits per heavy atom. The predicted octanol–water partition coefficient (Wildman–Crippen LogP) is 2.10. The van der Waals surface area contributed by atoms with E-state index in [1.165, 1.54) is 10.6 Å². The Kier molecular flexibility index (Phi) is 1.53. The lowest BCUT2D eigenvalue weighted by Gasteiger charge is -1.87. The zero-order valence-corrected chi connectivity index (χ0v) is 5.88. The van der Waals surface area contributed by atoms with Gasteiger partial charge in [0.1, 0.15) is 0 Å². The van der Waals surface area contributed by atoms with Gasteiger partial charge in [0.15, 0.2) is 0 Å².